The van der Waals surface area contributed by atoms with E-state index in [0.29, 0.717) is 34.8 Å². The zero-order valence-corrected chi connectivity index (χ0v) is 18.7. The van der Waals surface area contributed by atoms with E-state index in [1.807, 2.05) is 43.3 Å². The van der Waals surface area contributed by atoms with Gasteiger partial charge in [0, 0.05) is 11.1 Å². The first kappa shape index (κ1) is 22.7. The normalized spacial score (nSPS) is 10.9. The van der Waals surface area contributed by atoms with Gasteiger partial charge in [0.1, 0.15) is 11.5 Å². The van der Waals surface area contributed by atoms with Crippen molar-refractivity contribution in [3.05, 3.63) is 108 Å². The Morgan fingerprint density at radius 1 is 0.853 bits per heavy atom. The van der Waals surface area contributed by atoms with Crippen LogP contribution in [0.25, 0.3) is 10.8 Å². The summed E-state index contributed by atoms with van der Waals surface area (Å²) in [5, 5.41) is 5.93. The molecule has 0 heterocycles. The van der Waals surface area contributed by atoms with Crippen LogP contribution in [0, 0.1) is 0 Å². The Morgan fingerprint density at radius 2 is 1.59 bits per heavy atom. The minimum Gasteiger partial charge on any atom is -0.494 e. The van der Waals surface area contributed by atoms with Crippen molar-refractivity contribution in [1.82, 2.24) is 5.43 Å². The molecule has 0 saturated carbocycles. The van der Waals surface area contributed by atoms with E-state index in [2.05, 4.69) is 10.5 Å². The number of fused-ring (bicyclic) bond motifs is 1. The predicted octanol–water partition coefficient (Wildman–Crippen LogP) is 5.61. The van der Waals surface area contributed by atoms with Crippen LogP contribution in [-0.4, -0.2) is 24.7 Å². The lowest BCUT2D eigenvalue weighted by Crippen LogP contribution is -2.17. The molecule has 6 nitrogen and oxygen atoms in total. The second-order valence-corrected chi connectivity index (χ2v) is 7.53. The van der Waals surface area contributed by atoms with Crippen molar-refractivity contribution in [2.45, 2.75) is 13.3 Å². The number of rotatable bonds is 8. The van der Waals surface area contributed by atoms with Gasteiger partial charge in [-0.1, -0.05) is 55.5 Å². The number of ether oxygens (including phenoxy) is 2. The summed E-state index contributed by atoms with van der Waals surface area (Å²) < 4.78 is 11.2. The first-order valence-corrected chi connectivity index (χ1v) is 11.0. The highest BCUT2D eigenvalue weighted by Crippen LogP contribution is 2.27. The average Bonchev–Trinajstić information content (AvgIpc) is 2.89. The van der Waals surface area contributed by atoms with E-state index in [0.717, 1.165) is 17.2 Å². The smallest absolute Gasteiger partial charge is 0.343 e. The van der Waals surface area contributed by atoms with Gasteiger partial charge in [-0.25, -0.2) is 10.2 Å². The van der Waals surface area contributed by atoms with Crippen LogP contribution in [0.5, 0.6) is 11.5 Å². The lowest BCUT2D eigenvalue weighted by molar-refractivity contribution is 0.0734. The van der Waals surface area contributed by atoms with Crippen LogP contribution in [-0.2, 0) is 0 Å². The lowest BCUT2D eigenvalue weighted by atomic mass is 10.0. The Bertz CT molecular complexity index is 1320. The van der Waals surface area contributed by atoms with E-state index < -0.39 is 5.97 Å². The summed E-state index contributed by atoms with van der Waals surface area (Å²) in [7, 11) is 0. The molecule has 1 amide bonds. The molecule has 1 N–H and O–H groups in total. The van der Waals surface area contributed by atoms with Crippen molar-refractivity contribution in [3.63, 3.8) is 0 Å². The van der Waals surface area contributed by atoms with Crippen LogP contribution in [0.4, 0.5) is 0 Å². The molecular formula is C28H24N2O4. The summed E-state index contributed by atoms with van der Waals surface area (Å²) in [4.78, 5) is 25.1. The number of benzene rings is 4. The standard InChI is InChI=1S/C28H24N2O4/c1-2-18-33-23-15-12-21(13-16-23)27(31)30-29-19-25-24-11-7-6-8-20(24)14-17-26(25)34-28(32)22-9-4-3-5-10-22/h3-17,19H,2,18H2,1H3,(H,30,31). The van der Waals surface area contributed by atoms with Gasteiger partial charge in [0.2, 0.25) is 0 Å². The number of carbonyl (C=O) groups excluding carboxylic acids is 2. The minimum atomic E-state index is -0.472. The van der Waals surface area contributed by atoms with E-state index in [4.69, 9.17) is 9.47 Å². The van der Waals surface area contributed by atoms with E-state index in [1.54, 1.807) is 54.6 Å². The van der Waals surface area contributed by atoms with Gasteiger partial charge >= 0.3 is 5.97 Å². The molecule has 0 aliphatic heterocycles. The molecule has 0 radical (unpaired) electrons. The lowest BCUT2D eigenvalue weighted by Gasteiger charge is -2.10. The molecular weight excluding hydrogens is 428 g/mol. The van der Waals surface area contributed by atoms with E-state index in [9.17, 15) is 9.59 Å². The van der Waals surface area contributed by atoms with Crippen molar-refractivity contribution in [1.29, 1.82) is 0 Å². The molecule has 4 aromatic rings. The molecule has 170 valence electrons. The van der Waals surface area contributed by atoms with Crippen molar-refractivity contribution in [3.8, 4) is 11.5 Å². The number of nitrogens with zero attached hydrogens (tertiary/aromatic N) is 1. The van der Waals surface area contributed by atoms with Gasteiger partial charge in [0.05, 0.1) is 18.4 Å². The molecule has 0 aromatic heterocycles. The molecule has 0 saturated heterocycles. The summed E-state index contributed by atoms with van der Waals surface area (Å²) in [5.41, 5.74) is 4.02. The van der Waals surface area contributed by atoms with Gasteiger partial charge in [-0.05, 0) is 59.7 Å². The predicted molar refractivity (Wildman–Crippen MR) is 133 cm³/mol. The first-order chi connectivity index (χ1) is 16.7. The fourth-order valence-electron chi connectivity index (χ4n) is 3.37. The number of amides is 1. The molecule has 0 fully saturated rings. The van der Waals surface area contributed by atoms with Gasteiger partial charge in [-0.15, -0.1) is 0 Å². The quantitative estimate of drug-likeness (QED) is 0.163. The topological polar surface area (TPSA) is 77.0 Å². The van der Waals surface area contributed by atoms with Gasteiger partial charge in [0.15, 0.2) is 0 Å². The fraction of sp³-hybridized carbons (Fsp3) is 0.107. The molecule has 0 atom stereocenters. The SMILES string of the molecule is CCCOc1ccc(C(=O)NN=Cc2c(OC(=O)c3ccccc3)ccc3ccccc23)cc1. The summed E-state index contributed by atoms with van der Waals surface area (Å²) in [6.07, 6.45) is 2.40. The highest BCUT2D eigenvalue weighted by molar-refractivity contribution is 6.04. The average molecular weight is 453 g/mol. The van der Waals surface area contributed by atoms with Crippen molar-refractivity contribution in [2.24, 2.45) is 5.10 Å². The number of carbonyl (C=O) groups is 2. The number of hydrogen-bond acceptors (Lipinski definition) is 5. The molecule has 4 rings (SSSR count). The number of hydrazone groups is 1. The van der Waals surface area contributed by atoms with E-state index in [-0.39, 0.29) is 5.91 Å². The van der Waals surface area contributed by atoms with Gasteiger partial charge in [-0.2, -0.15) is 5.10 Å². The summed E-state index contributed by atoms with van der Waals surface area (Å²) in [6, 6.07) is 26.9. The van der Waals surface area contributed by atoms with Crippen LogP contribution in [0.1, 0.15) is 39.6 Å². The monoisotopic (exact) mass is 452 g/mol. The number of esters is 1. The largest absolute Gasteiger partial charge is 0.494 e. The highest BCUT2D eigenvalue weighted by atomic mass is 16.5. The minimum absolute atomic E-state index is 0.350. The molecule has 6 heteroatoms. The van der Waals surface area contributed by atoms with Crippen molar-refractivity contribution < 1.29 is 19.1 Å². The van der Waals surface area contributed by atoms with Crippen LogP contribution in [0.2, 0.25) is 0 Å². The molecule has 34 heavy (non-hydrogen) atoms. The molecule has 0 unspecified atom stereocenters. The Labute approximate surface area is 197 Å². The third-order valence-corrected chi connectivity index (χ3v) is 5.09. The van der Waals surface area contributed by atoms with Crippen LogP contribution in [0.3, 0.4) is 0 Å². The number of nitrogens with one attached hydrogen (secondary N) is 1. The molecule has 0 spiro atoms. The Kier molecular flexibility index (Phi) is 7.30. The Balaban J connectivity index is 1.54. The Morgan fingerprint density at radius 3 is 2.35 bits per heavy atom. The van der Waals surface area contributed by atoms with Gasteiger partial charge in [0.25, 0.3) is 5.91 Å². The number of hydrogen-bond donors (Lipinski definition) is 1. The molecule has 0 aliphatic carbocycles. The third-order valence-electron chi connectivity index (χ3n) is 5.09. The molecule has 0 aliphatic rings. The van der Waals surface area contributed by atoms with Crippen LogP contribution in [0.15, 0.2) is 96.1 Å². The van der Waals surface area contributed by atoms with Crippen LogP contribution >= 0.6 is 0 Å². The summed E-state index contributed by atoms with van der Waals surface area (Å²) >= 11 is 0. The second-order valence-electron chi connectivity index (χ2n) is 7.53. The maximum absolute atomic E-state index is 12.6. The molecule has 4 aromatic carbocycles. The molecule has 0 bridgehead atoms. The summed E-state index contributed by atoms with van der Waals surface area (Å²) in [6.45, 7) is 2.65. The van der Waals surface area contributed by atoms with E-state index >= 15 is 0 Å². The second kappa shape index (κ2) is 10.9. The van der Waals surface area contributed by atoms with Crippen molar-refractivity contribution in [2.75, 3.05) is 6.61 Å². The van der Waals surface area contributed by atoms with Gasteiger partial charge in [-0.3, -0.25) is 4.79 Å². The van der Waals surface area contributed by atoms with Crippen LogP contribution < -0.4 is 14.9 Å². The maximum Gasteiger partial charge on any atom is 0.343 e. The zero-order valence-electron chi connectivity index (χ0n) is 18.7. The highest BCUT2D eigenvalue weighted by Gasteiger charge is 2.13. The first-order valence-electron chi connectivity index (χ1n) is 11.0. The van der Waals surface area contributed by atoms with Gasteiger partial charge < -0.3 is 9.47 Å². The fourth-order valence-corrected chi connectivity index (χ4v) is 3.37. The van der Waals surface area contributed by atoms with E-state index in [1.165, 1.54) is 6.21 Å². The maximum atomic E-state index is 12.6. The van der Waals surface area contributed by atoms with Crippen molar-refractivity contribution >= 4 is 28.9 Å². The third kappa shape index (κ3) is 5.48. The Hall–Kier alpha value is -4.45. The summed E-state index contributed by atoms with van der Waals surface area (Å²) in [5.74, 6) is 0.229. The zero-order chi connectivity index (χ0) is 23.8.